The van der Waals surface area contributed by atoms with E-state index in [2.05, 4.69) is 26.6 Å². The molecule has 2 aromatic rings. The fourth-order valence-electron chi connectivity index (χ4n) is 4.85. The summed E-state index contributed by atoms with van der Waals surface area (Å²) in [6, 6.07) is 8.93. The van der Waals surface area contributed by atoms with Crippen LogP contribution in [0.4, 0.5) is 29.7 Å². The zero-order valence-corrected chi connectivity index (χ0v) is 30.7. The number of halogens is 4. The number of nitrogens with one attached hydrogen (secondary N) is 5. The summed E-state index contributed by atoms with van der Waals surface area (Å²) < 4.78 is 26.8. The van der Waals surface area contributed by atoms with E-state index >= 15 is 0 Å². The molecule has 2 heterocycles. The molecule has 5 N–H and O–H groups in total. The number of piperidine rings is 2. The van der Waals surface area contributed by atoms with E-state index in [4.69, 9.17) is 32.8 Å². The normalized spacial score (nSPS) is 15.8. The van der Waals surface area contributed by atoms with Crippen LogP contribution in [0.5, 0.6) is 0 Å². The Bertz CT molecular complexity index is 1400. The smallest absolute Gasteiger partial charge is 0.342 e. The molecule has 0 spiro atoms. The minimum absolute atomic E-state index is 0. The van der Waals surface area contributed by atoms with Crippen LogP contribution in [0.3, 0.4) is 0 Å². The largest absolute Gasteiger partial charge is 0.373 e. The fraction of sp³-hybridized carbons (Fsp3) is 0.556. The Labute approximate surface area is 318 Å². The summed E-state index contributed by atoms with van der Waals surface area (Å²) in [5, 5.41) is 14.5. The molecule has 2 aliphatic carbocycles. The summed E-state index contributed by atoms with van der Waals surface area (Å²) in [5.41, 5.74) is 2.03. The van der Waals surface area contributed by atoms with E-state index in [0.29, 0.717) is 35.6 Å². The van der Waals surface area contributed by atoms with Crippen molar-refractivity contribution in [3.63, 3.8) is 0 Å². The lowest BCUT2D eigenvalue weighted by atomic mass is 10.0. The van der Waals surface area contributed by atoms with E-state index in [-0.39, 0.29) is 74.9 Å². The van der Waals surface area contributed by atoms with Gasteiger partial charge in [0.25, 0.3) is 0 Å². The topological polar surface area (TPSA) is 149 Å². The molecule has 0 unspecified atom stereocenters. The predicted molar refractivity (Wildman–Crippen MR) is 203 cm³/mol. The summed E-state index contributed by atoms with van der Waals surface area (Å²) in [7, 11) is 0. The average molecular weight is 769 g/mol. The molecular weight excluding hydrogens is 716 g/mol. The highest BCUT2D eigenvalue weighted by Gasteiger charge is 2.35. The number of rotatable bonds is 5. The van der Waals surface area contributed by atoms with Gasteiger partial charge in [-0.05, 0) is 101 Å². The van der Waals surface area contributed by atoms with E-state index in [9.17, 15) is 23.2 Å². The minimum Gasteiger partial charge on any atom is -0.342 e. The van der Waals surface area contributed by atoms with E-state index in [1.807, 2.05) is 4.90 Å². The number of hydrogen-bond acceptors (Lipinski definition) is 6. The van der Waals surface area contributed by atoms with Gasteiger partial charge in [0.05, 0.1) is 5.34 Å². The maximum absolute atomic E-state index is 13.5. The Hall–Kier alpha value is -3.71. The number of urea groups is 2. The molecule has 4 aliphatic rings. The number of nitrogens with zero attached hydrogens (tertiary/aromatic N) is 1. The number of carbonyl (C=O) groups excluding carboxylic acids is 5. The number of carbonyl (C=O) groups is 3. The van der Waals surface area contributed by atoms with Gasteiger partial charge in [-0.3, -0.25) is 4.79 Å². The van der Waals surface area contributed by atoms with Gasteiger partial charge in [0, 0.05) is 50.9 Å². The summed E-state index contributed by atoms with van der Waals surface area (Å²) in [6.45, 7) is 6.59. The van der Waals surface area contributed by atoms with Crippen molar-refractivity contribution < 1.29 is 32.8 Å². The first-order valence-corrected chi connectivity index (χ1v) is 17.9. The van der Waals surface area contributed by atoms with Crippen LogP contribution in [-0.4, -0.2) is 81.0 Å². The van der Waals surface area contributed by atoms with Crippen LogP contribution in [0.25, 0.3) is 0 Å². The molecule has 6 rings (SSSR count). The van der Waals surface area contributed by atoms with Crippen molar-refractivity contribution in [2.75, 3.05) is 42.2 Å². The zero-order chi connectivity index (χ0) is 36.9. The Morgan fingerprint density at radius 2 is 1.15 bits per heavy atom. The highest BCUT2D eigenvalue weighted by atomic mass is 35.5. The van der Waals surface area contributed by atoms with E-state index in [0.717, 1.165) is 51.6 Å². The van der Waals surface area contributed by atoms with Gasteiger partial charge in [0.15, 0.2) is 0 Å². The summed E-state index contributed by atoms with van der Waals surface area (Å²) in [4.78, 5) is 53.8. The number of aryl methyl sites for hydroxylation is 2. The van der Waals surface area contributed by atoms with Gasteiger partial charge in [0.2, 0.25) is 5.91 Å². The molecule has 287 valence electrons. The lowest BCUT2D eigenvalue weighted by Gasteiger charge is -2.32. The molecule has 11 nitrogen and oxygen atoms in total. The Morgan fingerprint density at radius 3 is 1.50 bits per heavy atom. The lowest BCUT2D eigenvalue weighted by molar-refractivity contribution is -0.191. The molecule has 2 saturated carbocycles. The van der Waals surface area contributed by atoms with Crippen molar-refractivity contribution in [3.8, 4) is 0 Å². The van der Waals surface area contributed by atoms with Crippen LogP contribution in [0.15, 0.2) is 36.4 Å². The molecule has 4 fully saturated rings. The summed E-state index contributed by atoms with van der Waals surface area (Å²) >= 11 is 9.53. The summed E-state index contributed by atoms with van der Waals surface area (Å²) in [5.74, 6) is -0.133. The molecule has 0 atom stereocenters. The van der Waals surface area contributed by atoms with Crippen LogP contribution in [0.1, 0.15) is 76.3 Å². The third-order valence-corrected chi connectivity index (χ3v) is 7.96. The highest BCUT2D eigenvalue weighted by molar-refractivity contribution is 6.40. The fourth-order valence-corrected chi connectivity index (χ4v) is 4.85. The quantitative estimate of drug-likeness (QED) is 0.165. The van der Waals surface area contributed by atoms with Crippen molar-refractivity contribution in [1.82, 2.24) is 20.9 Å². The van der Waals surface area contributed by atoms with Crippen molar-refractivity contribution in [1.29, 1.82) is 0 Å². The number of anilines is 2. The maximum atomic E-state index is 13.5. The lowest BCUT2D eigenvalue weighted by Crippen LogP contribution is -2.47. The van der Waals surface area contributed by atoms with Gasteiger partial charge < -0.3 is 31.5 Å². The predicted octanol–water partition coefficient (Wildman–Crippen LogP) is 6.93. The van der Waals surface area contributed by atoms with Gasteiger partial charge in [-0.2, -0.15) is 9.59 Å². The van der Waals surface area contributed by atoms with Crippen LogP contribution < -0.4 is 26.6 Å². The van der Waals surface area contributed by atoms with Crippen LogP contribution in [0.2, 0.25) is 0 Å². The molecule has 3 radical (unpaired) electrons. The molecule has 0 bridgehead atoms. The molecule has 0 aromatic heterocycles. The molecule has 5 amide bonds. The van der Waals surface area contributed by atoms with E-state index in [1.54, 1.807) is 38.1 Å². The van der Waals surface area contributed by atoms with Crippen molar-refractivity contribution in [2.24, 2.45) is 5.92 Å². The van der Waals surface area contributed by atoms with Crippen molar-refractivity contribution in [3.05, 3.63) is 59.2 Å². The number of amides is 5. The first kappa shape index (κ1) is 48.3. The Balaban J connectivity index is 0.000000798. The first-order chi connectivity index (χ1) is 24.0. The standard InChI is InChI=1S/C17H22FN3O2.C13H18FN3O.C3H6.CH2Cl2.CO2.CH4.B/c1-11-2-5-14(10-15(11)18)20-17(23)19-13-6-8-21(9-7-13)16(22)12-3-4-12;1-9-2-3-11(8-12(9)14)17-13(18)16-10-4-6-15-7-5-10;1-2-3-1;2*2-1-3;;/h2,5,10,12-13H,3-4,6-9H2,1H3,(H2,19,20,23);2-3,8,10,15H,4-7H2,1H3,(H2,16,17,18);1-3H2;1H2;;1H4;. The molecule has 2 saturated heterocycles. The summed E-state index contributed by atoms with van der Waals surface area (Å²) in [6.07, 6.45) is 10.2. The second-order valence-corrected chi connectivity index (χ2v) is 13.1. The number of hydrogen-bond donors (Lipinski definition) is 5. The first-order valence-electron chi connectivity index (χ1n) is 16.8. The Morgan fingerprint density at radius 1 is 0.769 bits per heavy atom. The number of likely N-dealkylation sites (tertiary alicyclic amines) is 1. The van der Waals surface area contributed by atoms with Gasteiger partial charge in [-0.1, -0.05) is 38.8 Å². The molecule has 2 aliphatic heterocycles. The average Bonchev–Trinajstić information content (AvgIpc) is 3.99. The molecule has 52 heavy (non-hydrogen) atoms. The Kier molecular flexibility index (Phi) is 25.1. The minimum atomic E-state index is -0.338. The highest BCUT2D eigenvalue weighted by Crippen LogP contribution is 2.32. The van der Waals surface area contributed by atoms with Crippen LogP contribution >= 0.6 is 23.2 Å². The third-order valence-electron chi connectivity index (χ3n) is 7.96. The third kappa shape index (κ3) is 20.4. The molecule has 16 heteroatoms. The van der Waals surface area contributed by atoms with Crippen molar-refractivity contribution in [2.45, 2.75) is 91.1 Å². The maximum Gasteiger partial charge on any atom is 0.373 e. The second-order valence-electron chi connectivity index (χ2n) is 12.3. The second kappa shape index (κ2) is 27.0. The zero-order valence-electron chi connectivity index (χ0n) is 29.2. The van der Waals surface area contributed by atoms with Gasteiger partial charge >= 0.3 is 18.2 Å². The molecular formula is C36H52BCl2F2N6O5. The van der Waals surface area contributed by atoms with Gasteiger partial charge in [-0.25, -0.2) is 18.4 Å². The number of benzene rings is 2. The van der Waals surface area contributed by atoms with E-state index < -0.39 is 0 Å². The van der Waals surface area contributed by atoms with Crippen LogP contribution in [0, 0.1) is 31.4 Å². The van der Waals surface area contributed by atoms with Gasteiger partial charge in [-0.15, -0.1) is 23.2 Å². The van der Waals surface area contributed by atoms with Gasteiger partial charge in [0.1, 0.15) is 11.6 Å². The number of alkyl halides is 2. The SMILES string of the molecule is C.C1CC1.Cc1ccc(NC(=O)NC2CCN(C(=O)C3CC3)CC2)cc1F.Cc1ccc(NC(=O)NC2CCNCC2)cc1F.ClCCl.O=C=O.[B]. The van der Waals surface area contributed by atoms with Crippen LogP contribution in [-0.2, 0) is 14.4 Å². The monoisotopic (exact) mass is 767 g/mol. The molecule has 2 aromatic carbocycles. The van der Waals surface area contributed by atoms with E-state index in [1.165, 1.54) is 31.4 Å². The van der Waals surface area contributed by atoms with Crippen molar-refractivity contribution >= 4 is 67.1 Å².